The zero-order valence-electron chi connectivity index (χ0n) is 40.9. The Morgan fingerprint density at radius 3 is 2.28 bits per heavy atom. The van der Waals surface area contributed by atoms with E-state index in [4.69, 9.17) is 33.2 Å². The molecule has 3 saturated carbocycles. The smallest absolute Gasteiger partial charge is 0.338 e. The van der Waals surface area contributed by atoms with Gasteiger partial charge < -0.3 is 58.9 Å². The topological polar surface area (TPSA) is 192 Å². The molecular formula is C54H77NO13. The molecule has 376 valence electrons. The first-order chi connectivity index (χ1) is 32.6. The number of methoxy groups -OCH3 is 1. The van der Waals surface area contributed by atoms with Gasteiger partial charge in [-0.15, -0.1) is 0 Å². The van der Waals surface area contributed by atoms with E-state index in [-0.39, 0.29) is 47.7 Å². The number of rotatable bonds is 17. The van der Waals surface area contributed by atoms with E-state index in [0.29, 0.717) is 35.3 Å². The highest BCUT2D eigenvalue weighted by Gasteiger charge is 2.63. The van der Waals surface area contributed by atoms with E-state index in [1.807, 2.05) is 6.07 Å². The molecule has 2 aromatic rings. The van der Waals surface area contributed by atoms with Crippen LogP contribution in [0.4, 0.5) is 0 Å². The normalized spacial score (nSPS) is 38.8. The fraction of sp³-hybridized carbons (Fsp3) is 0.704. The van der Waals surface area contributed by atoms with Crippen molar-refractivity contribution >= 4 is 11.9 Å². The van der Waals surface area contributed by atoms with Crippen LogP contribution < -0.4 is 10.1 Å². The Morgan fingerprint density at radius 2 is 1.56 bits per heavy atom. The number of allylic oxidation sites excluding steroid dienone is 1. The number of ether oxygens (including phenoxy) is 7. The Morgan fingerprint density at radius 1 is 0.838 bits per heavy atom. The van der Waals surface area contributed by atoms with E-state index >= 15 is 0 Å². The predicted molar refractivity (Wildman–Crippen MR) is 252 cm³/mol. The lowest BCUT2D eigenvalue weighted by Crippen LogP contribution is -2.62. The van der Waals surface area contributed by atoms with Crippen LogP contribution in [0.3, 0.4) is 0 Å². The third kappa shape index (κ3) is 10.9. The summed E-state index contributed by atoms with van der Waals surface area (Å²) in [6.45, 7) is 12.1. The zero-order valence-corrected chi connectivity index (χ0v) is 40.9. The van der Waals surface area contributed by atoms with Crippen molar-refractivity contribution in [3.8, 4) is 5.75 Å². The fourth-order valence-electron chi connectivity index (χ4n) is 13.6. The maximum Gasteiger partial charge on any atom is 0.338 e. The SMILES string of the molecule is COc1ccc(C(=O)O[C@@H]2C(O)[C@H](O)CO[C@H]2OC2[C@@H](OC(C)=O)[C@H](O[C@H]3CC4C5CC=C6C[C@@H](O)CC[C@]6(C)C5CC[C@]4(C)[C@H]3[C@H](C)CCC[C@@H](C)CNCc3ccccc3)OC[C@@H]2O)cc1. The number of esters is 2. The van der Waals surface area contributed by atoms with E-state index in [1.54, 1.807) is 12.1 Å². The molecule has 0 spiro atoms. The number of hydrogen-bond acceptors (Lipinski definition) is 14. The van der Waals surface area contributed by atoms with Gasteiger partial charge in [0.1, 0.15) is 30.2 Å². The summed E-state index contributed by atoms with van der Waals surface area (Å²) in [7, 11) is 1.51. The lowest BCUT2D eigenvalue weighted by Gasteiger charge is -2.58. The van der Waals surface area contributed by atoms with Crippen LogP contribution in [0.15, 0.2) is 66.2 Å². The summed E-state index contributed by atoms with van der Waals surface area (Å²) in [5, 5.41) is 47.6. The Kier molecular flexibility index (Phi) is 16.4. The van der Waals surface area contributed by atoms with Crippen LogP contribution in [0.2, 0.25) is 0 Å². The maximum absolute atomic E-state index is 13.4. The van der Waals surface area contributed by atoms with Gasteiger partial charge >= 0.3 is 11.9 Å². The van der Waals surface area contributed by atoms with Gasteiger partial charge in [-0.05, 0) is 134 Å². The largest absolute Gasteiger partial charge is 0.497 e. The van der Waals surface area contributed by atoms with Crippen LogP contribution in [0, 0.1) is 46.3 Å². The molecule has 2 aliphatic heterocycles. The summed E-state index contributed by atoms with van der Waals surface area (Å²) >= 11 is 0. The van der Waals surface area contributed by atoms with E-state index < -0.39 is 61.1 Å². The van der Waals surface area contributed by atoms with E-state index in [9.17, 15) is 30.0 Å². The number of fused-ring (bicyclic) bond motifs is 5. The van der Waals surface area contributed by atoms with Gasteiger partial charge in [-0.2, -0.15) is 0 Å². The third-order valence-corrected chi connectivity index (χ3v) is 17.1. The van der Waals surface area contributed by atoms with Gasteiger partial charge in [0, 0.05) is 13.5 Å². The first kappa shape index (κ1) is 50.9. The molecule has 0 amide bonds. The van der Waals surface area contributed by atoms with Gasteiger partial charge in [-0.3, -0.25) is 4.79 Å². The minimum atomic E-state index is -1.60. The van der Waals surface area contributed by atoms with Gasteiger partial charge in [0.05, 0.1) is 38.1 Å². The molecule has 0 aromatic heterocycles. The highest BCUT2D eigenvalue weighted by Crippen LogP contribution is 2.68. The molecule has 5 N–H and O–H groups in total. The lowest BCUT2D eigenvalue weighted by atomic mass is 9.47. The van der Waals surface area contributed by atoms with Crippen LogP contribution in [-0.2, 0) is 39.8 Å². The quantitative estimate of drug-likeness (QED) is 0.0853. The molecule has 6 aliphatic rings. The molecule has 14 nitrogen and oxygen atoms in total. The number of benzene rings is 2. The standard InChI is InChI=1S/C54H77NO13/c1-31(27-55-28-34-13-8-7-9-14-34)11-10-12-32(2)45-44(26-41-39-20-17-36-25-37(57)21-23-53(36,4)40(39)22-24-54(41,45)5)66-52-49(65-33(3)56)47(43(59)30-64-52)68-51-48(46(60)42(58)29-63-51)67-50(61)35-15-18-38(62-6)19-16-35/h7-9,13-19,31-32,37,39-49,51-52,55,57-60H,10-12,20-30H2,1-6H3/t31-,32-,37+,39?,40?,41?,42-,43+,44+,45+,46?,47?,48-,49-,51+,52+,53+,54+/m1/s1. The molecule has 2 heterocycles. The molecular weight excluding hydrogens is 871 g/mol. The second-order valence-corrected chi connectivity index (χ2v) is 21.6. The first-order valence-corrected chi connectivity index (χ1v) is 25.3. The third-order valence-electron chi connectivity index (χ3n) is 17.1. The van der Waals surface area contributed by atoms with Crippen molar-refractivity contribution < 1.29 is 63.2 Å². The van der Waals surface area contributed by atoms with Crippen LogP contribution in [0.1, 0.15) is 115 Å². The molecule has 4 aliphatic carbocycles. The molecule has 2 saturated heterocycles. The number of carbonyl (C=O) groups excluding carboxylic acids is 2. The van der Waals surface area contributed by atoms with Crippen molar-refractivity contribution in [2.75, 3.05) is 26.9 Å². The van der Waals surface area contributed by atoms with Gasteiger partial charge in [0.2, 0.25) is 0 Å². The average Bonchev–Trinajstić information content (AvgIpc) is 3.62. The summed E-state index contributed by atoms with van der Waals surface area (Å²) in [6.07, 6.45) is 0.657. The first-order valence-electron chi connectivity index (χ1n) is 25.3. The molecule has 2 aromatic carbocycles. The predicted octanol–water partition coefficient (Wildman–Crippen LogP) is 6.50. The van der Waals surface area contributed by atoms with E-state index in [1.165, 1.54) is 37.3 Å². The average molecular weight is 948 g/mol. The summed E-state index contributed by atoms with van der Waals surface area (Å²) in [5.41, 5.74) is 2.89. The maximum atomic E-state index is 13.4. The highest BCUT2D eigenvalue weighted by atomic mass is 16.7. The molecule has 5 fully saturated rings. The molecule has 0 radical (unpaired) electrons. The Labute approximate surface area is 402 Å². The Balaban J connectivity index is 1.02. The second-order valence-electron chi connectivity index (χ2n) is 21.6. The van der Waals surface area contributed by atoms with Crippen molar-refractivity contribution in [2.24, 2.45) is 46.3 Å². The molecule has 5 unspecified atom stereocenters. The molecule has 8 rings (SSSR count). The Bertz CT molecular complexity index is 2020. The fourth-order valence-corrected chi connectivity index (χ4v) is 13.6. The molecule has 68 heavy (non-hydrogen) atoms. The number of aliphatic hydroxyl groups excluding tert-OH is 4. The second kappa shape index (κ2) is 21.9. The summed E-state index contributed by atoms with van der Waals surface area (Å²) in [6, 6.07) is 16.7. The Hall–Kier alpha value is -3.44. The number of aliphatic hydroxyl groups is 4. The van der Waals surface area contributed by atoms with E-state index in [0.717, 1.165) is 77.3 Å². The minimum absolute atomic E-state index is 0.0428. The number of hydrogen-bond donors (Lipinski definition) is 5. The monoisotopic (exact) mass is 948 g/mol. The summed E-state index contributed by atoms with van der Waals surface area (Å²) in [4.78, 5) is 26.3. The van der Waals surface area contributed by atoms with Gasteiger partial charge in [-0.1, -0.05) is 82.5 Å². The van der Waals surface area contributed by atoms with Crippen molar-refractivity contribution in [1.82, 2.24) is 5.32 Å². The minimum Gasteiger partial charge on any atom is -0.497 e. The molecule has 0 bridgehead atoms. The van der Waals surface area contributed by atoms with Crippen molar-refractivity contribution in [3.05, 3.63) is 77.4 Å². The van der Waals surface area contributed by atoms with Gasteiger partial charge in [0.25, 0.3) is 0 Å². The zero-order chi connectivity index (χ0) is 48.3. The number of carbonyl (C=O) groups is 2. The van der Waals surface area contributed by atoms with Crippen LogP contribution >= 0.6 is 0 Å². The summed E-state index contributed by atoms with van der Waals surface area (Å²) < 4.78 is 42.7. The highest BCUT2D eigenvalue weighted by molar-refractivity contribution is 5.89. The van der Waals surface area contributed by atoms with E-state index in [2.05, 4.69) is 63.4 Å². The van der Waals surface area contributed by atoms with Crippen molar-refractivity contribution in [2.45, 2.75) is 167 Å². The van der Waals surface area contributed by atoms with Crippen LogP contribution in [0.25, 0.3) is 0 Å². The molecule has 18 atom stereocenters. The van der Waals surface area contributed by atoms with Gasteiger partial charge in [-0.25, -0.2) is 4.79 Å². The summed E-state index contributed by atoms with van der Waals surface area (Å²) in [5.74, 6) is 1.36. The molecule has 14 heteroatoms. The number of nitrogens with one attached hydrogen (secondary N) is 1. The lowest BCUT2D eigenvalue weighted by molar-refractivity contribution is -0.340. The van der Waals surface area contributed by atoms with Gasteiger partial charge in [0.15, 0.2) is 24.8 Å². The van der Waals surface area contributed by atoms with Crippen LogP contribution in [0.5, 0.6) is 5.75 Å². The van der Waals surface area contributed by atoms with Crippen LogP contribution in [-0.4, -0.2) is 121 Å². The van der Waals surface area contributed by atoms with Crippen molar-refractivity contribution in [1.29, 1.82) is 0 Å². The van der Waals surface area contributed by atoms with Crippen molar-refractivity contribution in [3.63, 3.8) is 0 Å².